The average molecular weight is 383 g/mol. The maximum absolute atomic E-state index is 12.5. The summed E-state index contributed by atoms with van der Waals surface area (Å²) in [5, 5.41) is 22.9. The Balaban J connectivity index is 2.18. The predicted molar refractivity (Wildman–Crippen MR) is 105 cm³/mol. The highest BCUT2D eigenvalue weighted by atomic mass is 16.6. The Morgan fingerprint density at radius 3 is 2.25 bits per heavy atom. The number of non-ortho nitro benzene ring substituents is 1. The van der Waals surface area contributed by atoms with Gasteiger partial charge in [-0.3, -0.25) is 20.2 Å². The van der Waals surface area contributed by atoms with E-state index in [1.54, 1.807) is 12.1 Å². The van der Waals surface area contributed by atoms with E-state index in [1.165, 1.54) is 12.1 Å². The van der Waals surface area contributed by atoms with Crippen LogP contribution >= 0.6 is 0 Å². The van der Waals surface area contributed by atoms with Crippen molar-refractivity contribution in [1.82, 2.24) is 0 Å². The Kier molecular flexibility index (Phi) is 5.08. The molecule has 9 heteroatoms. The first kappa shape index (κ1) is 19.0. The van der Waals surface area contributed by atoms with Crippen LogP contribution in [0.25, 0.3) is 22.1 Å². The van der Waals surface area contributed by atoms with Gasteiger partial charge in [0.1, 0.15) is 5.58 Å². The largest absolute Gasteiger partial charge is 0.422 e. The molecule has 3 aromatic rings. The Labute approximate surface area is 159 Å². The monoisotopic (exact) mass is 383 g/mol. The Morgan fingerprint density at radius 1 is 0.929 bits per heavy atom. The van der Waals surface area contributed by atoms with Gasteiger partial charge >= 0.3 is 5.63 Å². The molecule has 1 aromatic heterocycles. The molecule has 0 bridgehead atoms. The van der Waals surface area contributed by atoms with Crippen molar-refractivity contribution in [3.8, 4) is 11.1 Å². The third-order valence-corrected chi connectivity index (χ3v) is 4.53. The van der Waals surface area contributed by atoms with E-state index in [9.17, 15) is 25.0 Å². The second-order valence-corrected chi connectivity index (χ2v) is 6.06. The quantitative estimate of drug-likeness (QED) is 0.356. The van der Waals surface area contributed by atoms with Crippen LogP contribution in [-0.2, 0) is 0 Å². The Bertz CT molecular complexity index is 1130. The lowest BCUT2D eigenvalue weighted by atomic mass is 10.0. The Morgan fingerprint density at radius 2 is 1.64 bits per heavy atom. The fourth-order valence-corrected chi connectivity index (χ4v) is 3.09. The number of benzene rings is 2. The molecule has 0 aliphatic heterocycles. The molecule has 0 amide bonds. The second-order valence-electron chi connectivity index (χ2n) is 6.06. The highest BCUT2D eigenvalue weighted by Gasteiger charge is 2.23. The van der Waals surface area contributed by atoms with Gasteiger partial charge in [0.2, 0.25) is 0 Å². The first-order valence-corrected chi connectivity index (χ1v) is 8.61. The van der Waals surface area contributed by atoms with E-state index in [2.05, 4.69) is 4.90 Å². The van der Waals surface area contributed by atoms with E-state index in [0.717, 1.165) is 30.9 Å². The lowest BCUT2D eigenvalue weighted by Gasteiger charge is -2.21. The summed E-state index contributed by atoms with van der Waals surface area (Å²) in [6.45, 7) is 5.61. The summed E-state index contributed by atoms with van der Waals surface area (Å²) < 4.78 is 5.40. The van der Waals surface area contributed by atoms with Crippen molar-refractivity contribution in [2.24, 2.45) is 0 Å². The number of nitrogens with zero attached hydrogens (tertiary/aromatic N) is 3. The average Bonchev–Trinajstić information content (AvgIpc) is 2.67. The van der Waals surface area contributed by atoms with Gasteiger partial charge in [-0.25, -0.2) is 4.79 Å². The normalized spacial score (nSPS) is 10.8. The van der Waals surface area contributed by atoms with Crippen molar-refractivity contribution in [3.63, 3.8) is 0 Å². The zero-order valence-corrected chi connectivity index (χ0v) is 15.2. The highest BCUT2D eigenvalue weighted by molar-refractivity contribution is 5.86. The molecular formula is C19H17N3O6. The molecule has 0 aliphatic rings. The number of nitro benzene ring substituents is 2. The second kappa shape index (κ2) is 7.47. The summed E-state index contributed by atoms with van der Waals surface area (Å²) in [5.74, 6) is 0. The summed E-state index contributed by atoms with van der Waals surface area (Å²) in [5.41, 5.74) is -0.493. The van der Waals surface area contributed by atoms with E-state index in [4.69, 9.17) is 4.42 Å². The van der Waals surface area contributed by atoms with Crippen LogP contribution in [0.2, 0.25) is 0 Å². The third-order valence-electron chi connectivity index (χ3n) is 4.53. The Hall–Kier alpha value is -3.75. The van der Waals surface area contributed by atoms with Crippen molar-refractivity contribution in [3.05, 3.63) is 73.1 Å². The minimum Gasteiger partial charge on any atom is -0.422 e. The topological polar surface area (TPSA) is 120 Å². The van der Waals surface area contributed by atoms with Crippen LogP contribution in [0.1, 0.15) is 13.8 Å². The maximum atomic E-state index is 12.5. The van der Waals surface area contributed by atoms with Crippen molar-refractivity contribution >= 4 is 28.0 Å². The van der Waals surface area contributed by atoms with E-state index in [-0.39, 0.29) is 11.1 Å². The molecule has 0 aliphatic carbocycles. The number of fused-ring (bicyclic) bond motifs is 1. The molecule has 144 valence electrons. The number of nitro groups is 2. The molecule has 3 rings (SSSR count). The SMILES string of the molecule is CCN(CC)c1ccc2cc(-c3ccc([N+](=O)[O-])cc3[N+](=O)[O-])c(=O)oc2c1. The number of anilines is 1. The number of rotatable bonds is 6. The molecule has 0 saturated carbocycles. The first-order chi connectivity index (χ1) is 13.3. The third kappa shape index (κ3) is 3.41. The summed E-state index contributed by atoms with van der Waals surface area (Å²) >= 11 is 0. The molecule has 9 nitrogen and oxygen atoms in total. The van der Waals surface area contributed by atoms with Crippen LogP contribution in [0.3, 0.4) is 0 Å². The van der Waals surface area contributed by atoms with E-state index in [0.29, 0.717) is 11.0 Å². The van der Waals surface area contributed by atoms with Gasteiger partial charge in [0.05, 0.1) is 27.0 Å². The fourth-order valence-electron chi connectivity index (χ4n) is 3.09. The maximum Gasteiger partial charge on any atom is 0.344 e. The van der Waals surface area contributed by atoms with Gasteiger partial charge in [0.15, 0.2) is 0 Å². The predicted octanol–water partition coefficient (Wildman–Crippen LogP) is 4.12. The van der Waals surface area contributed by atoms with Crippen molar-refractivity contribution in [2.45, 2.75) is 13.8 Å². The minimum absolute atomic E-state index is 0.0234. The minimum atomic E-state index is -0.755. The molecule has 1 heterocycles. The van der Waals surface area contributed by atoms with Crippen LogP contribution in [0.4, 0.5) is 17.1 Å². The lowest BCUT2D eigenvalue weighted by molar-refractivity contribution is -0.393. The first-order valence-electron chi connectivity index (χ1n) is 8.61. The standard InChI is InChI=1S/C19H17N3O6/c1-3-20(4-2)13-6-5-12-9-16(19(23)28-18(12)11-13)15-8-7-14(21(24)25)10-17(15)22(26)27/h5-11H,3-4H2,1-2H3. The van der Waals surface area contributed by atoms with Gasteiger partial charge in [-0.15, -0.1) is 0 Å². The fraction of sp³-hybridized carbons (Fsp3) is 0.211. The lowest BCUT2D eigenvalue weighted by Crippen LogP contribution is -2.21. The van der Waals surface area contributed by atoms with Gasteiger partial charge in [-0.2, -0.15) is 0 Å². The molecule has 0 atom stereocenters. The number of hydrogen-bond acceptors (Lipinski definition) is 7. The van der Waals surface area contributed by atoms with Crippen LogP contribution in [-0.4, -0.2) is 22.9 Å². The molecule has 0 fully saturated rings. The molecule has 0 saturated heterocycles. The van der Waals surface area contributed by atoms with Crippen LogP contribution in [0.15, 0.2) is 51.7 Å². The summed E-state index contributed by atoms with van der Waals surface area (Å²) in [7, 11) is 0. The van der Waals surface area contributed by atoms with E-state index in [1.807, 2.05) is 19.9 Å². The zero-order valence-electron chi connectivity index (χ0n) is 15.2. The molecular weight excluding hydrogens is 366 g/mol. The van der Waals surface area contributed by atoms with E-state index >= 15 is 0 Å². The van der Waals surface area contributed by atoms with Crippen molar-refractivity contribution in [2.75, 3.05) is 18.0 Å². The van der Waals surface area contributed by atoms with Crippen molar-refractivity contribution < 1.29 is 14.3 Å². The van der Waals surface area contributed by atoms with Crippen LogP contribution in [0.5, 0.6) is 0 Å². The molecule has 0 spiro atoms. The molecule has 0 unspecified atom stereocenters. The van der Waals surface area contributed by atoms with Gasteiger partial charge in [-0.1, -0.05) is 0 Å². The van der Waals surface area contributed by atoms with Gasteiger partial charge in [0, 0.05) is 36.3 Å². The summed E-state index contributed by atoms with van der Waals surface area (Å²) in [6, 6.07) is 10.0. The van der Waals surface area contributed by atoms with Crippen molar-refractivity contribution in [1.29, 1.82) is 0 Å². The number of hydrogen-bond donors (Lipinski definition) is 0. The van der Waals surface area contributed by atoms with Crippen LogP contribution < -0.4 is 10.5 Å². The molecule has 0 radical (unpaired) electrons. The van der Waals surface area contributed by atoms with Gasteiger partial charge < -0.3 is 9.32 Å². The highest BCUT2D eigenvalue weighted by Crippen LogP contribution is 2.33. The van der Waals surface area contributed by atoms with Crippen LogP contribution in [0, 0.1) is 20.2 Å². The van der Waals surface area contributed by atoms with Gasteiger partial charge in [-0.05, 0) is 38.1 Å². The molecule has 2 aromatic carbocycles. The summed E-state index contributed by atoms with van der Waals surface area (Å²) in [4.78, 5) is 35.4. The molecule has 28 heavy (non-hydrogen) atoms. The van der Waals surface area contributed by atoms with E-state index < -0.39 is 26.8 Å². The van der Waals surface area contributed by atoms with Gasteiger partial charge in [0.25, 0.3) is 11.4 Å². The zero-order chi connectivity index (χ0) is 20.4. The smallest absolute Gasteiger partial charge is 0.344 e. The summed E-state index contributed by atoms with van der Waals surface area (Å²) in [6.07, 6.45) is 0. The molecule has 0 N–H and O–H groups in total.